The molecule has 0 radical (unpaired) electrons. The molecule has 1 saturated heterocycles. The molecule has 0 unspecified atom stereocenters. The normalized spacial score (nSPS) is 18.4. The molecule has 0 atom stereocenters. The first-order valence-corrected chi connectivity index (χ1v) is 11.1. The Morgan fingerprint density at radius 2 is 1.86 bits per heavy atom. The van der Waals surface area contributed by atoms with Crippen molar-refractivity contribution in [3.05, 3.63) is 28.9 Å². The minimum Gasteiger partial charge on any atom is -0.494 e. The van der Waals surface area contributed by atoms with E-state index in [0.717, 1.165) is 49.7 Å². The van der Waals surface area contributed by atoms with Crippen LogP contribution in [0.5, 0.6) is 5.88 Å². The molecule has 5 nitrogen and oxygen atoms in total. The monoisotopic (exact) mass is 418 g/mol. The Kier molecular flexibility index (Phi) is 5.45. The molecule has 4 rings (SSSR count). The highest BCUT2D eigenvalue weighted by Gasteiger charge is 2.27. The summed E-state index contributed by atoms with van der Waals surface area (Å²) in [5.74, 6) is 1.49. The van der Waals surface area contributed by atoms with Gasteiger partial charge in [-0.05, 0) is 82.4 Å². The largest absolute Gasteiger partial charge is 0.494 e. The molecule has 1 N–H and O–H groups in total. The van der Waals surface area contributed by atoms with E-state index in [1.165, 1.54) is 18.4 Å². The van der Waals surface area contributed by atoms with Crippen molar-refractivity contribution in [1.29, 1.82) is 0 Å². The third-order valence-corrected chi connectivity index (χ3v) is 6.21. The first-order valence-electron chi connectivity index (χ1n) is 10.7. The summed E-state index contributed by atoms with van der Waals surface area (Å²) in [4.78, 5) is 14.1. The average Bonchev–Trinajstić information content (AvgIpc) is 3.38. The average molecular weight is 419 g/mol. The van der Waals surface area contributed by atoms with Crippen LogP contribution in [0.1, 0.15) is 52.0 Å². The van der Waals surface area contributed by atoms with Gasteiger partial charge in [0.1, 0.15) is 5.60 Å². The summed E-state index contributed by atoms with van der Waals surface area (Å²) in [7, 11) is 0. The Morgan fingerprint density at radius 1 is 1.17 bits per heavy atom. The Labute approximate surface area is 177 Å². The fourth-order valence-corrected chi connectivity index (χ4v) is 4.55. The second-order valence-electron chi connectivity index (χ2n) is 9.71. The Balaban J connectivity index is 1.40. The number of hydrogen-bond acceptors (Lipinski definition) is 3. The third-order valence-electron chi connectivity index (χ3n) is 5.91. The van der Waals surface area contributed by atoms with Gasteiger partial charge in [0.15, 0.2) is 0 Å². The summed E-state index contributed by atoms with van der Waals surface area (Å²) < 4.78 is 7.43. The molecule has 0 bridgehead atoms. The number of ether oxygens (including phenoxy) is 1. The molecule has 1 amide bonds. The fourth-order valence-electron chi connectivity index (χ4n) is 4.21. The van der Waals surface area contributed by atoms with Crippen molar-refractivity contribution < 1.29 is 14.6 Å². The number of likely N-dealkylation sites (tertiary alicyclic amines) is 1. The zero-order valence-corrected chi connectivity index (χ0v) is 18.3. The summed E-state index contributed by atoms with van der Waals surface area (Å²) in [6, 6.07) is 4.15. The van der Waals surface area contributed by atoms with Crippen LogP contribution in [0.3, 0.4) is 0 Å². The number of aromatic hydroxyl groups is 1. The Morgan fingerprint density at radius 3 is 2.48 bits per heavy atom. The maximum absolute atomic E-state index is 12.2. The quantitative estimate of drug-likeness (QED) is 0.703. The van der Waals surface area contributed by atoms with E-state index in [1.54, 1.807) is 0 Å². The summed E-state index contributed by atoms with van der Waals surface area (Å²) >= 11 is 6.53. The molecule has 29 heavy (non-hydrogen) atoms. The van der Waals surface area contributed by atoms with Gasteiger partial charge in [-0.2, -0.15) is 0 Å². The molecule has 2 aliphatic rings. The SMILES string of the molecule is CC(C)(C)OC(=O)N1CCC(Cc2cc(Cl)c3c(O)n(CC4CC4)cc3c2)CC1. The van der Waals surface area contributed by atoms with Crippen molar-refractivity contribution in [3.63, 3.8) is 0 Å². The summed E-state index contributed by atoms with van der Waals surface area (Å²) in [5, 5.41) is 12.9. The zero-order valence-electron chi connectivity index (χ0n) is 17.6. The Bertz CT molecular complexity index is 903. The third kappa shape index (κ3) is 4.82. The molecule has 158 valence electrons. The van der Waals surface area contributed by atoms with E-state index in [4.69, 9.17) is 16.3 Å². The second kappa shape index (κ2) is 7.75. The lowest BCUT2D eigenvalue weighted by atomic mass is 9.90. The number of carbonyl (C=O) groups is 1. The minimum atomic E-state index is -0.457. The van der Waals surface area contributed by atoms with Gasteiger partial charge in [0.2, 0.25) is 5.88 Å². The number of hydrogen-bond donors (Lipinski definition) is 1. The minimum absolute atomic E-state index is 0.215. The molecule has 1 aromatic carbocycles. The lowest BCUT2D eigenvalue weighted by Crippen LogP contribution is -2.42. The Hall–Kier alpha value is -1.88. The van der Waals surface area contributed by atoms with Crippen LogP contribution in [-0.2, 0) is 17.7 Å². The van der Waals surface area contributed by atoms with Gasteiger partial charge < -0.3 is 19.3 Å². The molecule has 1 aromatic heterocycles. The summed E-state index contributed by atoms with van der Waals surface area (Å²) in [6.45, 7) is 8.02. The number of fused-ring (bicyclic) bond motifs is 1. The number of halogens is 1. The van der Waals surface area contributed by atoms with E-state index in [0.29, 0.717) is 16.9 Å². The number of amides is 1. The lowest BCUT2D eigenvalue weighted by Gasteiger charge is -2.33. The molecular formula is C23H31ClN2O3. The molecule has 1 aliphatic heterocycles. The van der Waals surface area contributed by atoms with Gasteiger partial charge in [0, 0.05) is 31.2 Å². The number of carbonyl (C=O) groups excluding carboxylic acids is 1. The highest BCUT2D eigenvalue weighted by Crippen LogP contribution is 2.38. The van der Waals surface area contributed by atoms with Gasteiger partial charge in [-0.15, -0.1) is 0 Å². The van der Waals surface area contributed by atoms with Crippen LogP contribution < -0.4 is 0 Å². The van der Waals surface area contributed by atoms with Gasteiger partial charge in [-0.3, -0.25) is 0 Å². The smallest absolute Gasteiger partial charge is 0.410 e. The van der Waals surface area contributed by atoms with Gasteiger partial charge in [0.25, 0.3) is 0 Å². The van der Waals surface area contributed by atoms with E-state index in [9.17, 15) is 9.90 Å². The highest BCUT2D eigenvalue weighted by atomic mass is 35.5. The van der Waals surface area contributed by atoms with E-state index >= 15 is 0 Å². The first kappa shape index (κ1) is 20.4. The molecule has 1 saturated carbocycles. The van der Waals surface area contributed by atoms with Gasteiger partial charge in [-0.1, -0.05) is 11.6 Å². The van der Waals surface area contributed by atoms with Crippen LogP contribution in [0.2, 0.25) is 5.02 Å². The number of piperidine rings is 1. The lowest BCUT2D eigenvalue weighted by molar-refractivity contribution is 0.0184. The van der Waals surface area contributed by atoms with Crippen molar-refractivity contribution >= 4 is 28.5 Å². The maximum atomic E-state index is 12.2. The van der Waals surface area contributed by atoms with Crippen LogP contribution in [-0.4, -0.2) is 39.4 Å². The van der Waals surface area contributed by atoms with Crippen molar-refractivity contribution in [2.24, 2.45) is 11.8 Å². The topological polar surface area (TPSA) is 54.7 Å². The standard InChI is InChI=1S/C23H31ClN2O3/c1-23(2,3)29-22(28)25-8-6-15(7-9-25)10-17-11-18-14-26(13-16-4-5-16)21(27)20(18)19(24)12-17/h11-12,14-16,27H,4-10,13H2,1-3H3. The van der Waals surface area contributed by atoms with Crippen LogP contribution >= 0.6 is 11.6 Å². The molecule has 1 aliphatic carbocycles. The van der Waals surface area contributed by atoms with Crippen molar-refractivity contribution in [2.75, 3.05) is 13.1 Å². The molecule has 6 heteroatoms. The van der Waals surface area contributed by atoms with E-state index in [-0.39, 0.29) is 12.0 Å². The molecular weight excluding hydrogens is 388 g/mol. The van der Waals surface area contributed by atoms with E-state index in [1.807, 2.05) is 42.5 Å². The maximum Gasteiger partial charge on any atom is 0.410 e. The van der Waals surface area contributed by atoms with E-state index < -0.39 is 5.60 Å². The fraction of sp³-hybridized carbons (Fsp3) is 0.609. The second-order valence-corrected chi connectivity index (χ2v) is 10.1. The number of rotatable bonds is 4. The van der Waals surface area contributed by atoms with Crippen molar-refractivity contribution in [2.45, 2.75) is 65.0 Å². The van der Waals surface area contributed by atoms with Crippen LogP contribution in [0, 0.1) is 11.8 Å². The summed E-state index contributed by atoms with van der Waals surface area (Å²) in [5.41, 5.74) is 0.739. The number of aromatic nitrogens is 1. The van der Waals surface area contributed by atoms with Crippen molar-refractivity contribution in [3.8, 4) is 5.88 Å². The molecule has 2 heterocycles. The molecule has 2 fully saturated rings. The molecule has 0 spiro atoms. The van der Waals surface area contributed by atoms with Gasteiger partial charge in [-0.25, -0.2) is 4.79 Å². The zero-order chi connectivity index (χ0) is 20.8. The molecule has 2 aromatic rings. The van der Waals surface area contributed by atoms with Crippen LogP contribution in [0.4, 0.5) is 4.79 Å². The number of nitrogens with zero attached hydrogens (tertiary/aromatic N) is 2. The predicted octanol–water partition coefficient (Wildman–Crippen LogP) is 5.60. The van der Waals surface area contributed by atoms with Crippen LogP contribution in [0.15, 0.2) is 18.3 Å². The first-order chi connectivity index (χ1) is 13.7. The highest BCUT2D eigenvalue weighted by molar-refractivity contribution is 6.36. The predicted molar refractivity (Wildman–Crippen MR) is 116 cm³/mol. The van der Waals surface area contributed by atoms with Gasteiger partial charge in [0.05, 0.1) is 10.4 Å². The van der Waals surface area contributed by atoms with Crippen molar-refractivity contribution in [1.82, 2.24) is 9.47 Å². The number of benzene rings is 1. The van der Waals surface area contributed by atoms with E-state index in [2.05, 4.69) is 6.07 Å². The van der Waals surface area contributed by atoms with Crippen LogP contribution in [0.25, 0.3) is 10.8 Å². The summed E-state index contributed by atoms with van der Waals surface area (Å²) in [6.07, 6.45) is 7.17. The van der Waals surface area contributed by atoms with Gasteiger partial charge >= 0.3 is 6.09 Å².